The molecule has 0 aliphatic carbocycles. The van der Waals surface area contributed by atoms with Crippen LogP contribution in [0.1, 0.15) is 37.2 Å². The molecule has 2 fully saturated rings. The number of rotatable bonds is 6. The molecule has 0 radical (unpaired) electrons. The third kappa shape index (κ3) is 5.66. The number of β-amino-alcohol motifs (C(OH)–C–C–N with tert-alkyl or cyclic N) is 1. The molecule has 4 heterocycles. The Labute approximate surface area is 211 Å². The molecule has 3 N–H and O–H groups in total. The number of anilines is 1. The first-order valence-electron chi connectivity index (χ1n) is 12.6. The summed E-state index contributed by atoms with van der Waals surface area (Å²) in [5.41, 5.74) is 3.16. The number of hydrogen-bond donors (Lipinski definition) is 3. The number of nitrogens with zero attached hydrogens (tertiary/aromatic N) is 3. The molecule has 1 atom stereocenters. The molecule has 35 heavy (non-hydrogen) atoms. The highest BCUT2D eigenvalue weighted by Crippen LogP contribution is 2.33. The lowest BCUT2D eigenvalue weighted by Gasteiger charge is -2.38. The van der Waals surface area contributed by atoms with Crippen molar-refractivity contribution in [2.75, 3.05) is 44.3 Å². The number of piperidine rings is 2. The van der Waals surface area contributed by atoms with Crippen LogP contribution in [0.2, 0.25) is 0 Å². The van der Waals surface area contributed by atoms with E-state index in [1.54, 1.807) is 11.8 Å². The Morgan fingerprint density at radius 3 is 2.60 bits per heavy atom. The topological polar surface area (TPSA) is 84.5 Å². The minimum Gasteiger partial charge on any atom is -0.392 e. The highest BCUT2D eigenvalue weighted by atomic mass is 32.2. The average molecular weight is 494 g/mol. The van der Waals surface area contributed by atoms with Gasteiger partial charge in [0.25, 0.3) is 0 Å². The monoisotopic (exact) mass is 493 g/mol. The SMILES string of the molecule is CSc1ccc(NC(=O)N2CCC(C(O)CN3CCC(c4c[nH]c5ncccc45)CC3)CC2)cc1. The smallest absolute Gasteiger partial charge is 0.321 e. The van der Waals surface area contributed by atoms with E-state index in [4.69, 9.17) is 0 Å². The number of aliphatic hydroxyl groups is 1. The Morgan fingerprint density at radius 2 is 1.89 bits per heavy atom. The molecule has 5 rings (SSSR count). The first-order chi connectivity index (χ1) is 17.1. The maximum Gasteiger partial charge on any atom is 0.321 e. The Kier molecular flexibility index (Phi) is 7.60. The summed E-state index contributed by atoms with van der Waals surface area (Å²) in [6.45, 7) is 4.11. The number of hydrogen-bond acceptors (Lipinski definition) is 5. The lowest BCUT2D eigenvalue weighted by molar-refractivity contribution is 0.0315. The largest absolute Gasteiger partial charge is 0.392 e. The first kappa shape index (κ1) is 24.2. The summed E-state index contributed by atoms with van der Waals surface area (Å²) >= 11 is 1.69. The number of benzene rings is 1. The number of amides is 2. The Hall–Kier alpha value is -2.55. The molecule has 1 aromatic carbocycles. The lowest BCUT2D eigenvalue weighted by atomic mass is 9.88. The van der Waals surface area contributed by atoms with Crippen molar-refractivity contribution in [3.63, 3.8) is 0 Å². The normalized spacial score (nSPS) is 19.2. The predicted octanol–water partition coefficient (Wildman–Crippen LogP) is 4.77. The van der Waals surface area contributed by atoms with Crippen molar-refractivity contribution in [2.45, 2.75) is 42.6 Å². The van der Waals surface area contributed by atoms with Gasteiger partial charge in [-0.05, 0) is 98.8 Å². The summed E-state index contributed by atoms with van der Waals surface area (Å²) in [4.78, 5) is 25.8. The standard InChI is InChI=1S/C27H35N5O2S/c1-35-22-6-4-21(5-7-22)30-27(34)32-15-10-20(11-16-32)25(33)18-31-13-8-19(9-14-31)24-17-29-26-23(24)3-2-12-28-26/h2-7,12,17,19-20,25,33H,8-11,13-16,18H2,1H3,(H,28,29)(H,30,34). The van der Waals surface area contributed by atoms with Crippen molar-refractivity contribution in [2.24, 2.45) is 5.92 Å². The quantitative estimate of drug-likeness (QED) is 0.431. The van der Waals surface area contributed by atoms with Crippen molar-refractivity contribution < 1.29 is 9.90 Å². The third-order valence-corrected chi connectivity index (χ3v) is 8.41. The van der Waals surface area contributed by atoms with Gasteiger partial charge in [-0.2, -0.15) is 0 Å². The summed E-state index contributed by atoms with van der Waals surface area (Å²) in [7, 11) is 0. The molecule has 2 aliphatic heterocycles. The Morgan fingerprint density at radius 1 is 1.14 bits per heavy atom. The zero-order valence-corrected chi connectivity index (χ0v) is 21.1. The van der Waals surface area contributed by atoms with Crippen LogP contribution in [0.25, 0.3) is 11.0 Å². The molecule has 7 nitrogen and oxygen atoms in total. The van der Waals surface area contributed by atoms with Crippen molar-refractivity contribution in [3.05, 3.63) is 54.4 Å². The van der Waals surface area contributed by atoms with Gasteiger partial charge < -0.3 is 25.2 Å². The van der Waals surface area contributed by atoms with Crippen LogP contribution in [-0.2, 0) is 0 Å². The van der Waals surface area contributed by atoms with E-state index in [9.17, 15) is 9.90 Å². The number of fused-ring (bicyclic) bond motifs is 1. The molecular weight excluding hydrogens is 458 g/mol. The number of likely N-dealkylation sites (tertiary alicyclic amines) is 2. The Bertz CT molecular complexity index is 1120. The fourth-order valence-electron chi connectivity index (χ4n) is 5.52. The number of H-pyrrole nitrogens is 1. The van der Waals surface area contributed by atoms with Crippen molar-refractivity contribution in [1.82, 2.24) is 19.8 Å². The number of aromatic amines is 1. The fraction of sp³-hybridized carbons (Fsp3) is 0.481. The molecular formula is C27H35N5O2S. The minimum atomic E-state index is -0.340. The molecule has 3 aromatic rings. The van der Waals surface area contributed by atoms with E-state index in [-0.39, 0.29) is 18.1 Å². The molecule has 1 unspecified atom stereocenters. The second-order valence-corrected chi connectivity index (χ2v) is 10.6. The van der Waals surface area contributed by atoms with Crippen molar-refractivity contribution in [3.8, 4) is 0 Å². The van der Waals surface area contributed by atoms with Crippen LogP contribution in [0.5, 0.6) is 0 Å². The van der Waals surface area contributed by atoms with Gasteiger partial charge in [-0.1, -0.05) is 0 Å². The van der Waals surface area contributed by atoms with Gasteiger partial charge in [0.15, 0.2) is 0 Å². The summed E-state index contributed by atoms with van der Waals surface area (Å²) in [6.07, 6.45) is 9.54. The number of aliphatic hydroxyl groups excluding tert-OH is 1. The maximum atomic E-state index is 12.7. The molecule has 0 saturated carbocycles. The summed E-state index contributed by atoms with van der Waals surface area (Å²) in [5.74, 6) is 0.789. The van der Waals surface area contributed by atoms with Crippen molar-refractivity contribution >= 4 is 34.5 Å². The van der Waals surface area contributed by atoms with E-state index >= 15 is 0 Å². The summed E-state index contributed by atoms with van der Waals surface area (Å²) in [6, 6.07) is 12.0. The lowest BCUT2D eigenvalue weighted by Crippen LogP contribution is -2.46. The molecule has 2 aromatic heterocycles. The number of carbonyl (C=O) groups excluding carboxylic acids is 1. The molecule has 2 aliphatic rings. The molecule has 8 heteroatoms. The maximum absolute atomic E-state index is 12.7. The van der Waals surface area contributed by atoms with Crippen LogP contribution in [0.15, 0.2) is 53.7 Å². The first-order valence-corrected chi connectivity index (χ1v) is 13.9. The second-order valence-electron chi connectivity index (χ2n) is 9.77. The predicted molar refractivity (Wildman–Crippen MR) is 142 cm³/mol. The van der Waals surface area contributed by atoms with Crippen LogP contribution >= 0.6 is 11.8 Å². The zero-order valence-electron chi connectivity index (χ0n) is 20.3. The fourth-order valence-corrected chi connectivity index (χ4v) is 5.93. The van der Waals surface area contributed by atoms with Crippen LogP contribution in [-0.4, -0.2) is 76.0 Å². The highest BCUT2D eigenvalue weighted by molar-refractivity contribution is 7.98. The average Bonchev–Trinajstić information content (AvgIpc) is 3.34. The number of pyridine rings is 1. The van der Waals surface area contributed by atoms with Gasteiger partial charge in [-0.25, -0.2) is 9.78 Å². The highest BCUT2D eigenvalue weighted by Gasteiger charge is 2.30. The zero-order chi connectivity index (χ0) is 24.2. The minimum absolute atomic E-state index is 0.0515. The Balaban J connectivity index is 1.06. The van der Waals surface area contributed by atoms with E-state index < -0.39 is 0 Å². The van der Waals surface area contributed by atoms with Gasteiger partial charge in [-0.3, -0.25) is 0 Å². The summed E-state index contributed by atoms with van der Waals surface area (Å²) in [5, 5.41) is 15.2. The van der Waals surface area contributed by atoms with Crippen molar-refractivity contribution in [1.29, 1.82) is 0 Å². The van der Waals surface area contributed by atoms with Crippen LogP contribution < -0.4 is 5.32 Å². The number of aromatic nitrogens is 2. The van der Waals surface area contributed by atoms with Gasteiger partial charge in [-0.15, -0.1) is 11.8 Å². The number of carbonyl (C=O) groups is 1. The molecule has 2 saturated heterocycles. The van der Waals surface area contributed by atoms with Gasteiger partial charge >= 0.3 is 6.03 Å². The van der Waals surface area contributed by atoms with E-state index in [0.717, 1.165) is 56.7 Å². The van der Waals surface area contributed by atoms with Gasteiger partial charge in [0.2, 0.25) is 0 Å². The van der Waals surface area contributed by atoms with E-state index in [2.05, 4.69) is 32.4 Å². The van der Waals surface area contributed by atoms with Crippen LogP contribution in [0, 0.1) is 5.92 Å². The number of urea groups is 1. The summed E-state index contributed by atoms with van der Waals surface area (Å²) < 4.78 is 0. The molecule has 186 valence electrons. The molecule has 0 bridgehead atoms. The van der Waals surface area contributed by atoms with E-state index in [0.29, 0.717) is 19.0 Å². The van der Waals surface area contributed by atoms with Gasteiger partial charge in [0.05, 0.1) is 6.10 Å². The second kappa shape index (κ2) is 11.0. The van der Waals surface area contributed by atoms with E-state index in [1.165, 1.54) is 15.8 Å². The molecule has 2 amide bonds. The number of thioether (sulfide) groups is 1. The number of nitrogens with one attached hydrogen (secondary N) is 2. The molecule has 0 spiro atoms. The van der Waals surface area contributed by atoms with Crippen LogP contribution in [0.4, 0.5) is 10.5 Å². The van der Waals surface area contributed by atoms with E-state index in [1.807, 2.05) is 47.7 Å². The van der Waals surface area contributed by atoms with Gasteiger partial charge in [0.1, 0.15) is 5.65 Å². The third-order valence-electron chi connectivity index (χ3n) is 7.67. The van der Waals surface area contributed by atoms with Crippen LogP contribution in [0.3, 0.4) is 0 Å². The van der Waals surface area contributed by atoms with Gasteiger partial charge in [0, 0.05) is 48.0 Å².